The Hall–Kier alpha value is -3.94. The summed E-state index contributed by atoms with van der Waals surface area (Å²) in [6.45, 7) is 4.52. The average molecular weight is 489 g/mol. The molecular weight excluding hydrogens is 460 g/mol. The minimum Gasteiger partial charge on any atom is -0.492 e. The van der Waals surface area contributed by atoms with E-state index in [0.29, 0.717) is 42.3 Å². The van der Waals surface area contributed by atoms with E-state index < -0.39 is 11.9 Å². The Morgan fingerprint density at radius 1 is 0.972 bits per heavy atom. The molecule has 2 aliphatic heterocycles. The second-order valence-electron chi connectivity index (χ2n) is 9.44. The maximum absolute atomic E-state index is 12.9. The van der Waals surface area contributed by atoms with Crippen molar-refractivity contribution < 1.29 is 28.7 Å². The second kappa shape index (κ2) is 9.60. The number of rotatable bonds is 6. The summed E-state index contributed by atoms with van der Waals surface area (Å²) < 4.78 is 11.2. The zero-order chi connectivity index (χ0) is 25.4. The first-order valence-corrected chi connectivity index (χ1v) is 12.2. The lowest BCUT2D eigenvalue weighted by molar-refractivity contribution is -0.139. The van der Waals surface area contributed by atoms with Gasteiger partial charge in [0.1, 0.15) is 11.5 Å². The predicted molar refractivity (Wildman–Crippen MR) is 133 cm³/mol. The number of anilines is 2. The van der Waals surface area contributed by atoms with Gasteiger partial charge < -0.3 is 14.4 Å². The highest BCUT2D eigenvalue weighted by atomic mass is 16.5. The first-order chi connectivity index (χ1) is 17.4. The van der Waals surface area contributed by atoms with Crippen LogP contribution < -0.4 is 19.3 Å². The molecular formula is C28H28N2O6. The van der Waals surface area contributed by atoms with Crippen molar-refractivity contribution in [2.45, 2.75) is 33.1 Å². The predicted octanol–water partition coefficient (Wildman–Crippen LogP) is 3.89. The van der Waals surface area contributed by atoms with Gasteiger partial charge in [0.15, 0.2) is 0 Å². The molecule has 0 unspecified atom stereocenters. The molecule has 3 atom stereocenters. The number of nitrogens with zero attached hydrogens (tertiary/aromatic N) is 2. The van der Waals surface area contributed by atoms with Gasteiger partial charge in [0.2, 0.25) is 17.7 Å². The monoisotopic (exact) mass is 488 g/mol. The van der Waals surface area contributed by atoms with Gasteiger partial charge in [0.25, 0.3) is 0 Å². The zero-order valence-corrected chi connectivity index (χ0v) is 20.3. The van der Waals surface area contributed by atoms with Crippen LogP contribution in [-0.4, -0.2) is 36.8 Å². The Balaban J connectivity index is 1.24. The summed E-state index contributed by atoms with van der Waals surface area (Å²) in [5.74, 6) is -1.40. The van der Waals surface area contributed by atoms with E-state index in [0.717, 1.165) is 5.57 Å². The van der Waals surface area contributed by atoms with Gasteiger partial charge in [0.05, 0.1) is 35.7 Å². The van der Waals surface area contributed by atoms with Crippen LogP contribution >= 0.6 is 0 Å². The smallest absolute Gasteiger partial charge is 0.316 e. The van der Waals surface area contributed by atoms with Gasteiger partial charge in [-0.05, 0) is 63.1 Å². The Morgan fingerprint density at radius 2 is 1.69 bits per heavy atom. The second-order valence-corrected chi connectivity index (χ2v) is 9.44. The number of benzene rings is 2. The van der Waals surface area contributed by atoms with Crippen molar-refractivity contribution in [3.8, 4) is 11.5 Å². The van der Waals surface area contributed by atoms with E-state index >= 15 is 0 Å². The third kappa shape index (κ3) is 4.27. The zero-order valence-electron chi connectivity index (χ0n) is 20.3. The molecule has 8 nitrogen and oxygen atoms in total. The summed E-state index contributed by atoms with van der Waals surface area (Å²) in [4.78, 5) is 54.1. The summed E-state index contributed by atoms with van der Waals surface area (Å²) in [5.41, 5.74) is 2.23. The summed E-state index contributed by atoms with van der Waals surface area (Å²) in [7, 11) is 0. The van der Waals surface area contributed by atoms with Crippen molar-refractivity contribution in [2.24, 2.45) is 17.8 Å². The van der Waals surface area contributed by atoms with Crippen LogP contribution in [0.2, 0.25) is 0 Å². The van der Waals surface area contributed by atoms with Gasteiger partial charge in [-0.3, -0.25) is 24.1 Å². The Kier molecular flexibility index (Phi) is 6.35. The summed E-state index contributed by atoms with van der Waals surface area (Å²) >= 11 is 0. The number of allylic oxidation sites excluding steroid dienone is 2. The standard InChI is InChI=1S/C28H28N2O6/c1-3-35-24-7-5-4-6-23(24)29-16-18(15-25(29)31)28(34)36-20-11-9-19(10-12-20)30-26(32)21-13-8-17(2)14-22(21)27(30)33/h4-12,18,21-22H,3,13-16H2,1-2H3/t18-,21+,22+/m1/s1. The molecule has 186 valence electrons. The number of ether oxygens (including phenoxy) is 2. The molecule has 1 aliphatic carbocycles. The van der Waals surface area contributed by atoms with Crippen molar-refractivity contribution in [1.29, 1.82) is 0 Å². The quantitative estimate of drug-likeness (QED) is 0.265. The number of hydrogen-bond acceptors (Lipinski definition) is 6. The van der Waals surface area contributed by atoms with Crippen molar-refractivity contribution in [3.63, 3.8) is 0 Å². The number of carbonyl (C=O) groups excluding carboxylic acids is 4. The van der Waals surface area contributed by atoms with Crippen LogP contribution in [0.3, 0.4) is 0 Å². The fourth-order valence-corrected chi connectivity index (χ4v) is 5.21. The van der Waals surface area contributed by atoms with E-state index in [4.69, 9.17) is 9.47 Å². The molecule has 0 N–H and O–H groups in total. The molecule has 0 spiro atoms. The molecule has 2 saturated heterocycles. The summed E-state index contributed by atoms with van der Waals surface area (Å²) in [6, 6.07) is 13.6. The molecule has 2 aromatic rings. The fourth-order valence-electron chi connectivity index (χ4n) is 5.21. The van der Waals surface area contributed by atoms with Gasteiger partial charge in [-0.25, -0.2) is 0 Å². The number of fused-ring (bicyclic) bond motifs is 1. The largest absolute Gasteiger partial charge is 0.492 e. The molecule has 0 aromatic heterocycles. The Bertz CT molecular complexity index is 1250. The van der Waals surface area contributed by atoms with Crippen molar-refractivity contribution in [2.75, 3.05) is 23.0 Å². The molecule has 5 rings (SSSR count). The van der Waals surface area contributed by atoms with Crippen LogP contribution in [0.4, 0.5) is 11.4 Å². The number of hydrogen-bond donors (Lipinski definition) is 0. The van der Waals surface area contributed by atoms with E-state index in [-0.39, 0.29) is 42.5 Å². The Labute approximate surface area is 209 Å². The highest BCUT2D eigenvalue weighted by molar-refractivity contribution is 6.22. The van der Waals surface area contributed by atoms with Crippen molar-refractivity contribution >= 4 is 35.1 Å². The third-order valence-corrected chi connectivity index (χ3v) is 7.05. The lowest BCUT2D eigenvalue weighted by Gasteiger charge is -2.20. The van der Waals surface area contributed by atoms with Gasteiger partial charge in [-0.15, -0.1) is 0 Å². The van der Waals surface area contributed by atoms with Crippen molar-refractivity contribution in [1.82, 2.24) is 0 Å². The van der Waals surface area contributed by atoms with Gasteiger partial charge >= 0.3 is 5.97 Å². The van der Waals surface area contributed by atoms with Crippen LogP contribution in [0.5, 0.6) is 11.5 Å². The Morgan fingerprint density at radius 3 is 2.44 bits per heavy atom. The minimum absolute atomic E-state index is 0.0460. The first kappa shape index (κ1) is 23.8. The first-order valence-electron chi connectivity index (χ1n) is 12.2. The molecule has 0 bridgehead atoms. The van der Waals surface area contributed by atoms with Crippen LogP contribution in [0.1, 0.15) is 33.1 Å². The summed E-state index contributed by atoms with van der Waals surface area (Å²) in [5, 5.41) is 0. The van der Waals surface area contributed by atoms with Gasteiger partial charge in [-0.1, -0.05) is 23.8 Å². The number of esters is 1. The highest BCUT2D eigenvalue weighted by Crippen LogP contribution is 2.40. The SMILES string of the molecule is CCOc1ccccc1N1C[C@H](C(=O)Oc2ccc(N3C(=O)[C@H]4CC=C(C)C[C@@H]4C3=O)cc2)CC1=O. The van der Waals surface area contributed by atoms with Gasteiger partial charge in [-0.2, -0.15) is 0 Å². The third-order valence-electron chi connectivity index (χ3n) is 7.05. The molecule has 8 heteroatoms. The minimum atomic E-state index is -0.618. The molecule has 3 amide bonds. The lowest BCUT2D eigenvalue weighted by Crippen LogP contribution is -2.30. The maximum Gasteiger partial charge on any atom is 0.316 e. The maximum atomic E-state index is 12.9. The normalized spacial score (nSPS) is 23.6. The molecule has 0 saturated carbocycles. The van der Waals surface area contributed by atoms with Crippen LogP contribution in [-0.2, 0) is 19.2 Å². The van der Waals surface area contributed by atoms with E-state index in [2.05, 4.69) is 0 Å². The van der Waals surface area contributed by atoms with Crippen LogP contribution in [0.25, 0.3) is 0 Å². The van der Waals surface area contributed by atoms with Gasteiger partial charge in [0, 0.05) is 13.0 Å². The number of carbonyl (C=O) groups is 4. The number of para-hydroxylation sites is 2. The topological polar surface area (TPSA) is 93.2 Å². The molecule has 2 heterocycles. The molecule has 2 fully saturated rings. The summed E-state index contributed by atoms with van der Waals surface area (Å²) in [6.07, 6.45) is 3.26. The highest BCUT2D eigenvalue weighted by Gasteiger charge is 2.48. The van der Waals surface area contributed by atoms with Crippen LogP contribution in [0.15, 0.2) is 60.2 Å². The fraction of sp³-hybridized carbons (Fsp3) is 0.357. The average Bonchev–Trinajstić information content (AvgIpc) is 3.37. The number of imide groups is 1. The molecule has 2 aromatic carbocycles. The van der Waals surface area contributed by atoms with Crippen LogP contribution in [0, 0.1) is 17.8 Å². The van der Waals surface area contributed by atoms with Crippen molar-refractivity contribution in [3.05, 3.63) is 60.2 Å². The molecule has 36 heavy (non-hydrogen) atoms. The van der Waals surface area contributed by atoms with E-state index in [1.807, 2.05) is 32.1 Å². The van der Waals surface area contributed by atoms with E-state index in [1.54, 1.807) is 41.3 Å². The lowest BCUT2D eigenvalue weighted by atomic mass is 9.82. The number of amides is 3. The van der Waals surface area contributed by atoms with E-state index in [1.165, 1.54) is 4.90 Å². The van der Waals surface area contributed by atoms with E-state index in [9.17, 15) is 19.2 Å². The molecule has 3 aliphatic rings. The molecule has 0 radical (unpaired) electrons.